The van der Waals surface area contributed by atoms with E-state index in [0.29, 0.717) is 16.3 Å². The van der Waals surface area contributed by atoms with E-state index in [-0.39, 0.29) is 19.1 Å². The summed E-state index contributed by atoms with van der Waals surface area (Å²) < 4.78 is 5.47. The molecule has 0 aromatic heterocycles. The number of hydrogen-bond donors (Lipinski definition) is 2. The second kappa shape index (κ2) is 8.30. The average molecular weight is 403 g/mol. The zero-order valence-corrected chi connectivity index (χ0v) is 16.4. The zero-order chi connectivity index (χ0) is 20.2. The number of benzene rings is 3. The van der Waals surface area contributed by atoms with E-state index in [1.807, 2.05) is 24.3 Å². The van der Waals surface area contributed by atoms with Gasteiger partial charge in [-0.2, -0.15) is 0 Å². The fourth-order valence-corrected chi connectivity index (χ4v) is 3.80. The molecule has 1 aliphatic carbocycles. The number of fused-ring (bicyclic) bond motifs is 3. The van der Waals surface area contributed by atoms with Gasteiger partial charge in [-0.25, -0.2) is 4.79 Å². The molecule has 0 saturated carbocycles. The fraction of sp³-hybridized carbons (Fsp3) is 0.125. The third kappa shape index (κ3) is 3.91. The number of anilines is 1. The monoisotopic (exact) mass is 402 g/mol. The predicted molar refractivity (Wildman–Crippen MR) is 116 cm³/mol. The Morgan fingerprint density at radius 1 is 1.00 bits per heavy atom. The van der Waals surface area contributed by atoms with Crippen molar-refractivity contribution in [2.45, 2.75) is 5.92 Å². The maximum Gasteiger partial charge on any atom is 0.407 e. The molecule has 0 atom stereocenters. The first-order chi connectivity index (χ1) is 14.1. The van der Waals surface area contributed by atoms with E-state index >= 15 is 0 Å². The summed E-state index contributed by atoms with van der Waals surface area (Å²) in [6, 6.07) is 21.6. The van der Waals surface area contributed by atoms with E-state index in [9.17, 15) is 4.79 Å². The fourth-order valence-electron chi connectivity index (χ4n) is 3.57. The quantitative estimate of drug-likeness (QED) is 0.488. The van der Waals surface area contributed by atoms with Crippen LogP contribution in [0.15, 0.2) is 66.7 Å². The van der Waals surface area contributed by atoms with Gasteiger partial charge in [0.1, 0.15) is 6.61 Å². The molecular weight excluding hydrogens is 384 g/mol. The van der Waals surface area contributed by atoms with Gasteiger partial charge in [0.05, 0.1) is 17.1 Å². The number of nitrogens with two attached hydrogens (primary N) is 1. The van der Waals surface area contributed by atoms with Crippen LogP contribution >= 0.6 is 11.6 Å². The van der Waals surface area contributed by atoms with Crippen molar-refractivity contribution in [2.75, 3.05) is 18.9 Å². The molecule has 0 spiro atoms. The van der Waals surface area contributed by atoms with Gasteiger partial charge in [0.25, 0.3) is 0 Å². The zero-order valence-electron chi connectivity index (χ0n) is 15.6. The Morgan fingerprint density at radius 3 is 2.31 bits per heavy atom. The van der Waals surface area contributed by atoms with Crippen LogP contribution in [0.25, 0.3) is 11.1 Å². The van der Waals surface area contributed by atoms with Gasteiger partial charge in [-0.3, -0.25) is 0 Å². The van der Waals surface area contributed by atoms with Gasteiger partial charge in [-0.05, 0) is 34.4 Å². The molecule has 5 heteroatoms. The van der Waals surface area contributed by atoms with E-state index in [2.05, 4.69) is 41.4 Å². The smallest absolute Gasteiger partial charge is 0.407 e. The van der Waals surface area contributed by atoms with Crippen LogP contribution in [0.1, 0.15) is 22.6 Å². The van der Waals surface area contributed by atoms with Gasteiger partial charge in [0.2, 0.25) is 0 Å². The minimum atomic E-state index is -0.506. The number of alkyl carbamates (subject to hydrolysis) is 1. The predicted octanol–water partition coefficient (Wildman–Crippen LogP) is 4.81. The summed E-state index contributed by atoms with van der Waals surface area (Å²) in [5.74, 6) is 5.76. The van der Waals surface area contributed by atoms with E-state index in [0.717, 1.165) is 0 Å². The molecule has 0 heterocycles. The van der Waals surface area contributed by atoms with Crippen LogP contribution in [-0.4, -0.2) is 19.2 Å². The molecule has 0 aliphatic heterocycles. The van der Waals surface area contributed by atoms with E-state index < -0.39 is 6.09 Å². The first-order valence-corrected chi connectivity index (χ1v) is 9.64. The number of nitrogens with one attached hydrogen (secondary N) is 1. The number of nitrogen functional groups attached to an aromatic ring is 1. The molecule has 3 N–H and O–H groups in total. The normalized spacial score (nSPS) is 11.8. The van der Waals surface area contributed by atoms with Crippen molar-refractivity contribution in [1.29, 1.82) is 0 Å². The molecule has 3 aromatic rings. The van der Waals surface area contributed by atoms with Crippen LogP contribution in [0, 0.1) is 11.8 Å². The van der Waals surface area contributed by atoms with E-state index in [1.54, 1.807) is 18.2 Å². The first-order valence-electron chi connectivity index (χ1n) is 9.27. The lowest BCUT2D eigenvalue weighted by Gasteiger charge is -2.14. The average Bonchev–Trinajstić information content (AvgIpc) is 3.05. The number of rotatable bonds is 3. The highest BCUT2D eigenvalue weighted by Crippen LogP contribution is 2.44. The second-order valence-corrected chi connectivity index (χ2v) is 7.09. The standard InChI is InChI=1S/C24H19ClN2O2/c25-22-12-5-13-23(26)20(22)11-6-14-27-24(28)29-15-21-18-9-3-1-7-16(18)17-8-2-4-10-19(17)21/h1-5,7-10,12-13,21H,14-15,26H2,(H,27,28). The molecule has 4 nitrogen and oxygen atoms in total. The topological polar surface area (TPSA) is 64.3 Å². The summed E-state index contributed by atoms with van der Waals surface area (Å²) in [5, 5.41) is 3.13. The molecule has 4 rings (SSSR count). The Hall–Kier alpha value is -3.42. The lowest BCUT2D eigenvalue weighted by Crippen LogP contribution is -2.26. The van der Waals surface area contributed by atoms with Crippen LogP contribution in [0.2, 0.25) is 5.02 Å². The van der Waals surface area contributed by atoms with Crippen molar-refractivity contribution in [3.8, 4) is 23.0 Å². The first kappa shape index (κ1) is 18.9. The van der Waals surface area contributed by atoms with Crippen molar-refractivity contribution < 1.29 is 9.53 Å². The van der Waals surface area contributed by atoms with Gasteiger partial charge < -0.3 is 15.8 Å². The third-order valence-corrected chi connectivity index (χ3v) is 5.24. The van der Waals surface area contributed by atoms with Gasteiger partial charge in [0.15, 0.2) is 0 Å². The number of hydrogen-bond acceptors (Lipinski definition) is 3. The molecule has 0 bridgehead atoms. The van der Waals surface area contributed by atoms with Gasteiger partial charge in [-0.15, -0.1) is 0 Å². The Kier molecular flexibility index (Phi) is 5.41. The maximum atomic E-state index is 12.1. The SMILES string of the molecule is Nc1cccc(Cl)c1C#CCNC(=O)OCC1c2ccccc2-c2ccccc21. The van der Waals surface area contributed by atoms with Gasteiger partial charge >= 0.3 is 6.09 Å². The number of halogens is 1. The summed E-state index contributed by atoms with van der Waals surface area (Å²) in [4.78, 5) is 12.1. The minimum absolute atomic E-state index is 0.0298. The lowest BCUT2D eigenvalue weighted by molar-refractivity contribution is 0.144. The molecule has 0 unspecified atom stereocenters. The number of amides is 1. The molecular formula is C24H19ClN2O2. The summed E-state index contributed by atoms with van der Waals surface area (Å²) in [5.41, 5.74) is 11.7. The molecule has 1 amide bonds. The largest absolute Gasteiger partial charge is 0.449 e. The molecule has 1 aliphatic rings. The molecule has 0 saturated heterocycles. The van der Waals surface area contributed by atoms with Crippen molar-refractivity contribution >= 4 is 23.4 Å². The molecule has 0 radical (unpaired) electrons. The molecule has 29 heavy (non-hydrogen) atoms. The molecule has 144 valence electrons. The maximum absolute atomic E-state index is 12.1. The molecule has 0 fully saturated rings. The van der Waals surface area contributed by atoms with Crippen LogP contribution in [0.4, 0.5) is 10.5 Å². The van der Waals surface area contributed by atoms with Gasteiger partial charge in [0, 0.05) is 11.6 Å². The van der Waals surface area contributed by atoms with E-state index in [4.69, 9.17) is 22.1 Å². The van der Waals surface area contributed by atoms with Gasteiger partial charge in [-0.1, -0.05) is 78.0 Å². The highest BCUT2D eigenvalue weighted by Gasteiger charge is 2.28. The van der Waals surface area contributed by atoms with Crippen LogP contribution in [0.5, 0.6) is 0 Å². The summed E-state index contributed by atoms with van der Waals surface area (Å²) in [7, 11) is 0. The Balaban J connectivity index is 1.37. The van der Waals surface area contributed by atoms with Crippen LogP contribution in [-0.2, 0) is 4.74 Å². The third-order valence-electron chi connectivity index (χ3n) is 4.92. The lowest BCUT2D eigenvalue weighted by atomic mass is 9.98. The Morgan fingerprint density at radius 2 is 1.66 bits per heavy atom. The highest BCUT2D eigenvalue weighted by atomic mass is 35.5. The van der Waals surface area contributed by atoms with Crippen molar-refractivity contribution in [2.24, 2.45) is 0 Å². The highest BCUT2D eigenvalue weighted by molar-refractivity contribution is 6.32. The van der Waals surface area contributed by atoms with Crippen molar-refractivity contribution in [1.82, 2.24) is 5.32 Å². The van der Waals surface area contributed by atoms with Crippen LogP contribution in [0.3, 0.4) is 0 Å². The molecule has 3 aromatic carbocycles. The number of carbonyl (C=O) groups is 1. The summed E-state index contributed by atoms with van der Waals surface area (Å²) >= 11 is 6.08. The van der Waals surface area contributed by atoms with Crippen molar-refractivity contribution in [3.63, 3.8) is 0 Å². The second-order valence-electron chi connectivity index (χ2n) is 6.68. The van der Waals surface area contributed by atoms with Crippen molar-refractivity contribution in [3.05, 3.63) is 88.4 Å². The Labute approximate surface area is 174 Å². The van der Waals surface area contributed by atoms with E-state index in [1.165, 1.54) is 22.3 Å². The summed E-state index contributed by atoms with van der Waals surface area (Å²) in [6.07, 6.45) is -0.506. The van der Waals surface area contributed by atoms with Crippen LogP contribution < -0.4 is 11.1 Å². The number of ether oxygens (including phenoxy) is 1. The number of carbonyl (C=O) groups excluding carboxylic acids is 1. The minimum Gasteiger partial charge on any atom is -0.449 e. The Bertz CT molecular complexity index is 1070. The summed E-state index contributed by atoms with van der Waals surface area (Å²) in [6.45, 7) is 0.409.